The summed E-state index contributed by atoms with van der Waals surface area (Å²) in [6, 6.07) is 8.02. The van der Waals surface area contributed by atoms with Crippen molar-refractivity contribution < 1.29 is 0 Å². The molecule has 0 atom stereocenters. The van der Waals surface area contributed by atoms with Gasteiger partial charge in [-0.25, -0.2) is 9.97 Å². The summed E-state index contributed by atoms with van der Waals surface area (Å²) in [7, 11) is 0. The Bertz CT molecular complexity index is 693. The van der Waals surface area contributed by atoms with E-state index >= 15 is 0 Å². The van der Waals surface area contributed by atoms with Crippen molar-refractivity contribution in [2.24, 2.45) is 0 Å². The van der Waals surface area contributed by atoms with E-state index in [-0.39, 0.29) is 0 Å². The first-order chi connectivity index (χ1) is 8.24. The van der Waals surface area contributed by atoms with E-state index in [0.29, 0.717) is 5.15 Å². The third-order valence-electron chi connectivity index (χ3n) is 2.49. The van der Waals surface area contributed by atoms with Crippen molar-refractivity contribution >= 4 is 38.7 Å². The minimum atomic E-state index is 0.397. The van der Waals surface area contributed by atoms with Crippen LogP contribution in [0.25, 0.3) is 22.3 Å². The number of rotatable bonds is 1. The summed E-state index contributed by atoms with van der Waals surface area (Å²) >= 11 is 9.32. The molecule has 3 rings (SSSR count). The Morgan fingerprint density at radius 1 is 1.29 bits per heavy atom. The SMILES string of the molecule is Clc1cnc2[nH]cc(-c3cccc(Br)c3)c2n1. The molecule has 0 fully saturated rings. The number of hydrogen-bond acceptors (Lipinski definition) is 2. The number of nitrogens with one attached hydrogen (secondary N) is 1. The van der Waals surface area contributed by atoms with Gasteiger partial charge in [0.15, 0.2) is 5.65 Å². The van der Waals surface area contributed by atoms with E-state index in [1.165, 1.54) is 6.20 Å². The first-order valence-electron chi connectivity index (χ1n) is 4.99. The van der Waals surface area contributed by atoms with Gasteiger partial charge in [0, 0.05) is 16.2 Å². The number of H-pyrrole nitrogens is 1. The summed E-state index contributed by atoms with van der Waals surface area (Å²) in [5, 5.41) is 0.397. The third-order valence-corrected chi connectivity index (χ3v) is 3.16. The number of aromatic nitrogens is 3. The molecule has 2 heterocycles. The van der Waals surface area contributed by atoms with E-state index in [1.54, 1.807) is 0 Å². The van der Waals surface area contributed by atoms with E-state index in [0.717, 1.165) is 26.8 Å². The molecule has 17 heavy (non-hydrogen) atoms. The van der Waals surface area contributed by atoms with Crippen molar-refractivity contribution in [2.45, 2.75) is 0 Å². The number of benzene rings is 1. The third kappa shape index (κ3) is 1.94. The van der Waals surface area contributed by atoms with Gasteiger partial charge in [-0.15, -0.1) is 0 Å². The lowest BCUT2D eigenvalue weighted by Gasteiger charge is -1.99. The first kappa shape index (κ1) is 10.7. The maximum absolute atomic E-state index is 5.87. The molecular formula is C12H7BrClN3. The summed E-state index contributed by atoms with van der Waals surface area (Å²) in [5.41, 5.74) is 3.60. The number of fused-ring (bicyclic) bond motifs is 1. The van der Waals surface area contributed by atoms with Crippen LogP contribution in [0.4, 0.5) is 0 Å². The van der Waals surface area contributed by atoms with Crippen LogP contribution in [-0.2, 0) is 0 Å². The lowest BCUT2D eigenvalue weighted by molar-refractivity contribution is 1.26. The van der Waals surface area contributed by atoms with Crippen molar-refractivity contribution in [1.82, 2.24) is 15.0 Å². The summed E-state index contributed by atoms with van der Waals surface area (Å²) in [6.45, 7) is 0. The Labute approximate surface area is 111 Å². The van der Waals surface area contributed by atoms with Crippen molar-refractivity contribution in [3.8, 4) is 11.1 Å². The molecule has 0 aliphatic carbocycles. The molecular weight excluding hydrogens is 302 g/mol. The zero-order chi connectivity index (χ0) is 11.8. The second-order valence-electron chi connectivity index (χ2n) is 3.60. The fourth-order valence-corrected chi connectivity index (χ4v) is 2.28. The van der Waals surface area contributed by atoms with Gasteiger partial charge in [0.2, 0.25) is 0 Å². The molecule has 0 aliphatic heterocycles. The van der Waals surface area contributed by atoms with E-state index in [9.17, 15) is 0 Å². The van der Waals surface area contributed by atoms with Crippen LogP contribution in [0.1, 0.15) is 0 Å². The molecule has 0 spiro atoms. The zero-order valence-electron chi connectivity index (χ0n) is 8.61. The van der Waals surface area contributed by atoms with Gasteiger partial charge in [-0.3, -0.25) is 0 Å². The Kier molecular flexibility index (Phi) is 2.61. The van der Waals surface area contributed by atoms with Gasteiger partial charge in [-0.1, -0.05) is 39.7 Å². The summed E-state index contributed by atoms with van der Waals surface area (Å²) < 4.78 is 1.03. The molecule has 0 unspecified atom stereocenters. The van der Waals surface area contributed by atoms with Crippen LogP contribution in [0.3, 0.4) is 0 Å². The zero-order valence-corrected chi connectivity index (χ0v) is 11.0. The molecule has 3 aromatic rings. The van der Waals surface area contributed by atoms with E-state index in [2.05, 4.69) is 30.9 Å². The standard InChI is InChI=1S/C12H7BrClN3/c13-8-3-1-2-7(4-8)9-5-15-12-11(9)17-10(14)6-16-12/h1-6H,(H,15,16). The quantitative estimate of drug-likeness (QED) is 0.737. The molecule has 0 aliphatic rings. The molecule has 0 bridgehead atoms. The largest absolute Gasteiger partial charge is 0.344 e. The van der Waals surface area contributed by atoms with Crippen LogP contribution in [0.5, 0.6) is 0 Å². The number of aromatic amines is 1. The van der Waals surface area contributed by atoms with Crippen LogP contribution >= 0.6 is 27.5 Å². The second kappa shape index (κ2) is 4.13. The van der Waals surface area contributed by atoms with Crippen LogP contribution < -0.4 is 0 Å². The maximum atomic E-state index is 5.87. The predicted octanol–water partition coefficient (Wildman–Crippen LogP) is 4.04. The Morgan fingerprint density at radius 2 is 2.18 bits per heavy atom. The molecule has 0 radical (unpaired) electrons. The monoisotopic (exact) mass is 307 g/mol. The number of nitrogens with zero attached hydrogens (tertiary/aromatic N) is 2. The van der Waals surface area contributed by atoms with Crippen molar-refractivity contribution in [1.29, 1.82) is 0 Å². The van der Waals surface area contributed by atoms with Crippen molar-refractivity contribution in [3.05, 3.63) is 46.3 Å². The molecule has 5 heteroatoms. The average molecular weight is 309 g/mol. The van der Waals surface area contributed by atoms with E-state index in [4.69, 9.17) is 11.6 Å². The highest BCUT2D eigenvalue weighted by Crippen LogP contribution is 2.28. The Hall–Kier alpha value is -1.39. The Balaban J connectivity index is 2.27. The maximum Gasteiger partial charge on any atom is 0.156 e. The van der Waals surface area contributed by atoms with Gasteiger partial charge in [-0.2, -0.15) is 0 Å². The molecule has 0 amide bonds. The van der Waals surface area contributed by atoms with Crippen LogP contribution in [-0.4, -0.2) is 15.0 Å². The van der Waals surface area contributed by atoms with Crippen LogP contribution in [0, 0.1) is 0 Å². The second-order valence-corrected chi connectivity index (χ2v) is 4.91. The summed E-state index contributed by atoms with van der Waals surface area (Å²) in [4.78, 5) is 11.6. The average Bonchev–Trinajstić information content (AvgIpc) is 2.71. The highest BCUT2D eigenvalue weighted by molar-refractivity contribution is 9.10. The van der Waals surface area contributed by atoms with Gasteiger partial charge < -0.3 is 4.98 Å². The van der Waals surface area contributed by atoms with Gasteiger partial charge in [0.05, 0.1) is 6.20 Å². The number of halogens is 2. The predicted molar refractivity (Wildman–Crippen MR) is 72.0 cm³/mol. The van der Waals surface area contributed by atoms with E-state index in [1.807, 2.05) is 30.5 Å². The molecule has 84 valence electrons. The lowest BCUT2D eigenvalue weighted by Crippen LogP contribution is -1.83. The van der Waals surface area contributed by atoms with Gasteiger partial charge in [0.1, 0.15) is 10.7 Å². The van der Waals surface area contributed by atoms with E-state index < -0.39 is 0 Å². The van der Waals surface area contributed by atoms with Gasteiger partial charge >= 0.3 is 0 Å². The van der Waals surface area contributed by atoms with Crippen LogP contribution in [0.2, 0.25) is 5.15 Å². The van der Waals surface area contributed by atoms with Crippen LogP contribution in [0.15, 0.2) is 41.1 Å². The minimum Gasteiger partial charge on any atom is -0.344 e. The van der Waals surface area contributed by atoms with Crippen molar-refractivity contribution in [3.63, 3.8) is 0 Å². The molecule has 0 saturated carbocycles. The first-order valence-corrected chi connectivity index (χ1v) is 6.17. The molecule has 0 saturated heterocycles. The lowest BCUT2D eigenvalue weighted by atomic mass is 10.1. The molecule has 1 N–H and O–H groups in total. The minimum absolute atomic E-state index is 0.397. The Morgan fingerprint density at radius 3 is 3.00 bits per heavy atom. The highest BCUT2D eigenvalue weighted by Gasteiger charge is 2.09. The fourth-order valence-electron chi connectivity index (χ4n) is 1.75. The smallest absolute Gasteiger partial charge is 0.156 e. The normalized spacial score (nSPS) is 10.9. The molecule has 2 aromatic heterocycles. The highest BCUT2D eigenvalue weighted by atomic mass is 79.9. The summed E-state index contributed by atoms with van der Waals surface area (Å²) in [6.07, 6.45) is 3.42. The topological polar surface area (TPSA) is 41.6 Å². The van der Waals surface area contributed by atoms with Gasteiger partial charge in [-0.05, 0) is 17.7 Å². The molecule has 3 nitrogen and oxygen atoms in total. The fraction of sp³-hybridized carbons (Fsp3) is 0. The van der Waals surface area contributed by atoms with Crippen molar-refractivity contribution in [2.75, 3.05) is 0 Å². The summed E-state index contributed by atoms with van der Waals surface area (Å²) in [5.74, 6) is 0. The van der Waals surface area contributed by atoms with Gasteiger partial charge in [0.25, 0.3) is 0 Å². The number of hydrogen-bond donors (Lipinski definition) is 1. The molecule has 1 aromatic carbocycles.